The fourth-order valence-electron chi connectivity index (χ4n) is 2.46. The molecule has 27 heavy (non-hydrogen) atoms. The van der Waals surface area contributed by atoms with Crippen LogP contribution >= 0.6 is 59.6 Å². The number of methoxy groups -OCH3 is 1. The molecule has 2 aromatic rings. The second-order valence-corrected chi connectivity index (χ2v) is 8.99. The minimum absolute atomic E-state index is 0.120. The zero-order chi connectivity index (χ0) is 19.7. The second-order valence-electron chi connectivity index (χ2n) is 5.50. The molecular weight excluding hydrogens is 566 g/mol. The van der Waals surface area contributed by atoms with E-state index < -0.39 is 5.91 Å². The first-order valence-corrected chi connectivity index (χ1v) is 10.8. The van der Waals surface area contributed by atoms with Crippen LogP contribution in [0.2, 0.25) is 0 Å². The lowest BCUT2D eigenvalue weighted by atomic mass is 10.1. The third-order valence-electron chi connectivity index (χ3n) is 3.85. The number of phenolic OH excluding ortho intramolecular Hbond substituents is 1. The first kappa shape index (κ1) is 20.4. The van der Waals surface area contributed by atoms with Crippen molar-refractivity contribution in [3.8, 4) is 11.5 Å². The molecule has 0 aliphatic carbocycles. The fourth-order valence-corrected chi connectivity index (χ4v) is 4.53. The Morgan fingerprint density at radius 2 is 1.89 bits per heavy atom. The number of aromatic hydroxyl groups is 1. The number of hydrogen-bond donors (Lipinski definition) is 1. The van der Waals surface area contributed by atoms with Gasteiger partial charge in [-0.25, -0.2) is 0 Å². The number of nitrogens with zero attached hydrogens (tertiary/aromatic N) is 1. The van der Waals surface area contributed by atoms with E-state index in [2.05, 4.69) is 47.8 Å². The first-order chi connectivity index (χ1) is 12.8. The summed E-state index contributed by atoms with van der Waals surface area (Å²) < 4.78 is 7.17. The number of thioether (sulfide) groups is 1. The summed E-state index contributed by atoms with van der Waals surface area (Å²) >= 11 is 11.0. The van der Waals surface area contributed by atoms with E-state index in [-0.39, 0.29) is 28.2 Å². The Morgan fingerprint density at radius 1 is 1.19 bits per heavy atom. The number of carbonyl (C=O) groups is 2. The maximum atomic E-state index is 12.8. The van der Waals surface area contributed by atoms with Crippen molar-refractivity contribution in [1.29, 1.82) is 0 Å². The molecule has 2 amide bonds. The lowest BCUT2D eigenvalue weighted by molar-refractivity contribution is -0.123. The van der Waals surface area contributed by atoms with Crippen molar-refractivity contribution in [2.45, 2.75) is 6.54 Å². The number of benzene rings is 2. The van der Waals surface area contributed by atoms with Gasteiger partial charge in [-0.05, 0) is 67.4 Å². The van der Waals surface area contributed by atoms with Gasteiger partial charge in [-0.15, -0.1) is 0 Å². The van der Waals surface area contributed by atoms with Gasteiger partial charge in [0.2, 0.25) is 0 Å². The van der Waals surface area contributed by atoms with Crippen molar-refractivity contribution < 1.29 is 19.4 Å². The number of phenols is 1. The summed E-state index contributed by atoms with van der Waals surface area (Å²) in [5.74, 6) is -0.278. The van der Waals surface area contributed by atoms with Crippen LogP contribution in [0.5, 0.6) is 11.5 Å². The standard InChI is InChI=1S/C18H12Br3NO4S/c1-26-13-7-12(20)15(21)10(16(13)23)6-14-17(24)22(18(25)27-14)8-9-4-2-3-5-11(9)19/h2-7,23H,8H2,1H3/b14-6-. The number of ether oxygens (including phenoxy) is 1. The molecule has 1 aliphatic rings. The monoisotopic (exact) mass is 575 g/mol. The lowest BCUT2D eigenvalue weighted by Gasteiger charge is -2.13. The number of amides is 2. The Kier molecular flexibility index (Phi) is 6.35. The van der Waals surface area contributed by atoms with E-state index in [0.717, 1.165) is 21.8 Å². The largest absolute Gasteiger partial charge is 0.504 e. The molecule has 5 nitrogen and oxygen atoms in total. The third-order valence-corrected chi connectivity index (χ3v) is 7.54. The highest BCUT2D eigenvalue weighted by Gasteiger charge is 2.35. The van der Waals surface area contributed by atoms with E-state index in [9.17, 15) is 14.7 Å². The molecule has 1 N–H and O–H groups in total. The normalized spacial score (nSPS) is 15.7. The Bertz CT molecular complexity index is 977. The molecule has 0 atom stereocenters. The highest BCUT2D eigenvalue weighted by Crippen LogP contribution is 2.43. The third kappa shape index (κ3) is 4.11. The maximum Gasteiger partial charge on any atom is 0.293 e. The number of rotatable bonds is 4. The maximum absolute atomic E-state index is 12.8. The molecule has 3 rings (SSSR count). The summed E-state index contributed by atoms with van der Waals surface area (Å²) in [6.07, 6.45) is 1.48. The number of halogens is 3. The molecule has 0 unspecified atom stereocenters. The number of imide groups is 1. The zero-order valence-electron chi connectivity index (χ0n) is 13.8. The SMILES string of the molecule is COc1cc(Br)c(Br)c(/C=C2\SC(=O)N(Cc3ccccc3Br)C2=O)c1O. The van der Waals surface area contributed by atoms with Crippen LogP contribution in [0.15, 0.2) is 48.7 Å². The van der Waals surface area contributed by atoms with Crippen LogP contribution in [0.25, 0.3) is 6.08 Å². The van der Waals surface area contributed by atoms with Crippen LogP contribution < -0.4 is 4.74 Å². The van der Waals surface area contributed by atoms with Gasteiger partial charge in [0, 0.05) is 19.0 Å². The molecule has 2 aromatic carbocycles. The van der Waals surface area contributed by atoms with Gasteiger partial charge in [-0.3, -0.25) is 14.5 Å². The molecule has 0 aromatic heterocycles. The lowest BCUT2D eigenvalue weighted by Crippen LogP contribution is -2.27. The quantitative estimate of drug-likeness (QED) is 0.457. The molecular formula is C18H12Br3NO4S. The molecule has 0 radical (unpaired) electrons. The van der Waals surface area contributed by atoms with Gasteiger partial charge in [0.1, 0.15) is 0 Å². The molecule has 1 fully saturated rings. The van der Waals surface area contributed by atoms with Gasteiger partial charge in [0.25, 0.3) is 11.1 Å². The molecule has 0 spiro atoms. The van der Waals surface area contributed by atoms with Crippen LogP contribution in [0.3, 0.4) is 0 Å². The number of carbonyl (C=O) groups excluding carboxylic acids is 2. The summed E-state index contributed by atoms with van der Waals surface area (Å²) in [6, 6.07) is 9.02. The molecule has 140 valence electrons. The summed E-state index contributed by atoms with van der Waals surface area (Å²) in [5.41, 5.74) is 1.18. The predicted octanol–water partition coefficient (Wildman–Crippen LogP) is 5.92. The van der Waals surface area contributed by atoms with Gasteiger partial charge >= 0.3 is 0 Å². The van der Waals surface area contributed by atoms with Crippen molar-refractivity contribution in [3.05, 3.63) is 59.8 Å². The minimum atomic E-state index is -0.411. The molecule has 1 saturated heterocycles. The van der Waals surface area contributed by atoms with E-state index in [4.69, 9.17) is 4.74 Å². The van der Waals surface area contributed by atoms with Crippen LogP contribution in [0, 0.1) is 0 Å². The molecule has 0 saturated carbocycles. The molecule has 1 aliphatic heterocycles. The Hall–Kier alpha value is -1.29. The summed E-state index contributed by atoms with van der Waals surface area (Å²) in [7, 11) is 1.44. The summed E-state index contributed by atoms with van der Waals surface area (Å²) in [4.78, 5) is 26.5. The van der Waals surface area contributed by atoms with E-state index in [1.54, 1.807) is 6.07 Å². The van der Waals surface area contributed by atoms with Crippen molar-refractivity contribution in [3.63, 3.8) is 0 Å². The van der Waals surface area contributed by atoms with Crippen molar-refractivity contribution in [2.24, 2.45) is 0 Å². The van der Waals surface area contributed by atoms with E-state index in [1.807, 2.05) is 24.3 Å². The van der Waals surface area contributed by atoms with Gasteiger partial charge in [0.15, 0.2) is 11.5 Å². The Balaban J connectivity index is 1.96. The average molecular weight is 578 g/mol. The van der Waals surface area contributed by atoms with Gasteiger partial charge in [0.05, 0.1) is 18.6 Å². The van der Waals surface area contributed by atoms with Crippen LogP contribution in [-0.2, 0) is 11.3 Å². The van der Waals surface area contributed by atoms with Crippen LogP contribution in [0.1, 0.15) is 11.1 Å². The number of hydrogen-bond acceptors (Lipinski definition) is 5. The van der Waals surface area contributed by atoms with Gasteiger partial charge in [-0.2, -0.15) is 0 Å². The smallest absolute Gasteiger partial charge is 0.293 e. The average Bonchev–Trinajstić information content (AvgIpc) is 2.91. The van der Waals surface area contributed by atoms with E-state index in [1.165, 1.54) is 18.1 Å². The fraction of sp³-hybridized carbons (Fsp3) is 0.111. The van der Waals surface area contributed by atoms with Gasteiger partial charge in [-0.1, -0.05) is 34.1 Å². The molecule has 1 heterocycles. The topological polar surface area (TPSA) is 66.8 Å². The zero-order valence-corrected chi connectivity index (χ0v) is 19.4. The van der Waals surface area contributed by atoms with E-state index >= 15 is 0 Å². The molecule has 0 bridgehead atoms. The second kappa shape index (κ2) is 8.38. The van der Waals surface area contributed by atoms with Crippen molar-refractivity contribution >= 4 is 76.8 Å². The van der Waals surface area contributed by atoms with Crippen molar-refractivity contribution in [2.75, 3.05) is 7.11 Å². The summed E-state index contributed by atoms with van der Waals surface area (Å²) in [6.45, 7) is 0.165. The Labute approximate surface area is 185 Å². The van der Waals surface area contributed by atoms with Crippen LogP contribution in [0.4, 0.5) is 4.79 Å². The predicted molar refractivity (Wildman–Crippen MR) is 116 cm³/mol. The van der Waals surface area contributed by atoms with Gasteiger partial charge < -0.3 is 9.84 Å². The van der Waals surface area contributed by atoms with Crippen molar-refractivity contribution in [1.82, 2.24) is 4.90 Å². The summed E-state index contributed by atoms with van der Waals surface area (Å²) in [5, 5.41) is 10.0. The highest BCUT2D eigenvalue weighted by atomic mass is 79.9. The highest BCUT2D eigenvalue weighted by molar-refractivity contribution is 9.13. The van der Waals surface area contributed by atoms with Crippen LogP contribution in [-0.4, -0.2) is 28.3 Å². The first-order valence-electron chi connectivity index (χ1n) is 7.57. The Morgan fingerprint density at radius 3 is 2.56 bits per heavy atom. The minimum Gasteiger partial charge on any atom is -0.504 e. The van der Waals surface area contributed by atoms with E-state index in [0.29, 0.717) is 14.5 Å². The molecule has 9 heteroatoms.